The molecule has 4 heterocycles. The van der Waals surface area contributed by atoms with E-state index in [-0.39, 0.29) is 37.2 Å². The molecular formula is C52H68F3N7O8. The maximum absolute atomic E-state index is 16.7. The number of aromatic nitrogens is 2. The van der Waals surface area contributed by atoms with Gasteiger partial charge in [-0.25, -0.2) is 23.4 Å². The molecule has 18 heteroatoms. The first kappa shape index (κ1) is 52.1. The molecular weight excluding hydrogens is 908 g/mol. The summed E-state index contributed by atoms with van der Waals surface area (Å²) in [6, 6.07) is 13.3. The Morgan fingerprint density at radius 2 is 1.63 bits per heavy atom. The van der Waals surface area contributed by atoms with E-state index < -0.39 is 65.9 Å². The second-order valence-corrected chi connectivity index (χ2v) is 20.5. The van der Waals surface area contributed by atoms with Crippen LogP contribution < -0.4 is 15.6 Å². The lowest BCUT2D eigenvalue weighted by atomic mass is 9.84. The fourth-order valence-electron chi connectivity index (χ4n) is 9.48. The summed E-state index contributed by atoms with van der Waals surface area (Å²) in [5.41, 5.74) is 6.06. The molecule has 0 spiro atoms. The van der Waals surface area contributed by atoms with Crippen molar-refractivity contribution in [1.29, 1.82) is 0 Å². The number of amides is 2. The summed E-state index contributed by atoms with van der Waals surface area (Å²) >= 11 is 0. The Morgan fingerprint density at radius 3 is 2.27 bits per heavy atom. The van der Waals surface area contributed by atoms with Gasteiger partial charge in [0.15, 0.2) is 0 Å². The number of piperazine rings is 1. The molecule has 1 saturated carbocycles. The van der Waals surface area contributed by atoms with Crippen LogP contribution in [0.3, 0.4) is 0 Å². The maximum atomic E-state index is 16.7. The lowest BCUT2D eigenvalue weighted by Gasteiger charge is -2.36. The summed E-state index contributed by atoms with van der Waals surface area (Å²) in [4.78, 5) is 61.6. The number of hydrogen-bond acceptors (Lipinski definition) is 12. The summed E-state index contributed by atoms with van der Waals surface area (Å²) in [6.45, 7) is 15.6. The third kappa shape index (κ3) is 12.4. The van der Waals surface area contributed by atoms with E-state index in [1.807, 2.05) is 57.2 Å². The summed E-state index contributed by atoms with van der Waals surface area (Å²) in [6.07, 6.45) is -2.17. The monoisotopic (exact) mass is 976 g/mol. The predicted octanol–water partition coefficient (Wildman–Crippen LogP) is 8.33. The number of hydrogen-bond donors (Lipinski definition) is 2. The first-order valence-corrected chi connectivity index (χ1v) is 24.2. The van der Waals surface area contributed by atoms with Crippen LogP contribution in [0.5, 0.6) is 0 Å². The Balaban J connectivity index is 1.34. The highest BCUT2D eigenvalue weighted by Crippen LogP contribution is 2.45. The van der Waals surface area contributed by atoms with Gasteiger partial charge in [-0.3, -0.25) is 29.3 Å². The number of nitrogens with one attached hydrogen (secondary N) is 2. The number of alkyl halides is 3. The molecule has 380 valence electrons. The van der Waals surface area contributed by atoms with E-state index in [4.69, 9.17) is 23.9 Å². The van der Waals surface area contributed by atoms with Gasteiger partial charge >= 0.3 is 18.0 Å². The molecule has 2 aromatic heterocycles. The maximum Gasteiger partial charge on any atom is 0.408 e. The number of methoxy groups -OCH3 is 2. The molecule has 2 saturated heterocycles. The Bertz CT molecular complexity index is 2530. The molecule has 2 amide bonds. The van der Waals surface area contributed by atoms with Gasteiger partial charge in [0.1, 0.15) is 17.7 Å². The zero-order chi connectivity index (χ0) is 50.7. The Labute approximate surface area is 408 Å². The zero-order valence-corrected chi connectivity index (χ0v) is 41.8. The van der Waals surface area contributed by atoms with Gasteiger partial charge in [0.25, 0.3) is 12.3 Å². The van der Waals surface area contributed by atoms with Crippen molar-refractivity contribution in [2.24, 2.45) is 5.41 Å². The third-order valence-electron chi connectivity index (χ3n) is 13.2. The Kier molecular flexibility index (Phi) is 16.2. The highest BCUT2D eigenvalue weighted by atomic mass is 19.3. The van der Waals surface area contributed by atoms with Crippen LogP contribution in [-0.4, -0.2) is 127 Å². The number of benzene rings is 2. The van der Waals surface area contributed by atoms with Crippen molar-refractivity contribution < 1.29 is 51.3 Å². The molecule has 70 heavy (non-hydrogen) atoms. The van der Waals surface area contributed by atoms with Gasteiger partial charge in [-0.2, -0.15) is 0 Å². The van der Waals surface area contributed by atoms with E-state index in [2.05, 4.69) is 20.5 Å². The summed E-state index contributed by atoms with van der Waals surface area (Å²) in [5.74, 6) is -1.47. The number of esters is 2. The number of alkyl carbamates (subject to hydrolysis) is 1. The van der Waals surface area contributed by atoms with Crippen LogP contribution in [-0.2, 0) is 46.2 Å². The van der Waals surface area contributed by atoms with Crippen LogP contribution in [0.1, 0.15) is 103 Å². The molecule has 7 rings (SSSR count). The number of carbonyl (C=O) groups is 4. The lowest BCUT2D eigenvalue weighted by Crippen LogP contribution is -2.60. The van der Waals surface area contributed by atoms with Gasteiger partial charge in [0.2, 0.25) is 6.30 Å². The molecule has 3 aliphatic rings. The normalized spacial score (nSPS) is 18.4. The molecule has 3 fully saturated rings. The smallest absolute Gasteiger partial charge is 0.408 e. The van der Waals surface area contributed by atoms with Gasteiger partial charge in [-0.1, -0.05) is 44.2 Å². The first-order chi connectivity index (χ1) is 33.2. The van der Waals surface area contributed by atoms with E-state index in [0.29, 0.717) is 57.8 Å². The van der Waals surface area contributed by atoms with Crippen molar-refractivity contribution in [3.05, 3.63) is 71.5 Å². The van der Waals surface area contributed by atoms with Crippen LogP contribution >= 0.6 is 0 Å². The van der Waals surface area contributed by atoms with Gasteiger partial charge in [-0.05, 0) is 100 Å². The highest BCUT2D eigenvalue weighted by Gasteiger charge is 2.37. The standard InChI is InChI=1S/C52H68F3N7O8/c1-31(67-8)44-39(27-37(29-56-44)60-22-20-59(21-23-60)36-16-17-36)45-40(28-52(6,7)30-69-32(2)63)38-26-35(15-18-43(38)62(45)47(55)46(53)54)34-13-10-12-33(24-34)25-42(57-50(66)70-51(3,4)5)48(64)61-19-11-14-41(58-61)49(65)68-9/h10,12-13,15,18,24,26-27,29,31,36,41-42,46-47,58H,11,14,16-17,19-23,25,28,30H2,1-9H3,(H,57,66)/t31-,41?,42?,47?/m0/s1. The Morgan fingerprint density at radius 1 is 0.914 bits per heavy atom. The number of fused-ring (bicyclic) bond motifs is 1. The summed E-state index contributed by atoms with van der Waals surface area (Å²) in [5, 5.41) is 4.58. The first-order valence-electron chi connectivity index (χ1n) is 24.2. The lowest BCUT2D eigenvalue weighted by molar-refractivity contribution is -0.150. The minimum atomic E-state index is -3.39. The minimum Gasteiger partial charge on any atom is -0.468 e. The molecule has 4 aromatic rings. The number of hydrazine groups is 1. The van der Waals surface area contributed by atoms with Gasteiger partial charge in [-0.15, -0.1) is 0 Å². The van der Waals surface area contributed by atoms with Gasteiger partial charge in [0, 0.05) is 75.6 Å². The van der Waals surface area contributed by atoms with Crippen LogP contribution in [0.2, 0.25) is 0 Å². The fraction of sp³-hybridized carbons (Fsp3) is 0.558. The molecule has 0 radical (unpaired) electrons. The molecule has 0 bridgehead atoms. The van der Waals surface area contributed by atoms with E-state index in [1.165, 1.54) is 39.0 Å². The zero-order valence-electron chi connectivity index (χ0n) is 41.8. The molecule has 2 aromatic carbocycles. The van der Waals surface area contributed by atoms with E-state index >= 15 is 13.2 Å². The largest absolute Gasteiger partial charge is 0.468 e. The van der Waals surface area contributed by atoms with E-state index in [9.17, 15) is 19.2 Å². The molecule has 15 nitrogen and oxygen atoms in total. The molecule has 1 aliphatic carbocycles. The molecule has 2 N–H and O–H groups in total. The molecule has 4 atom stereocenters. The summed E-state index contributed by atoms with van der Waals surface area (Å²) in [7, 11) is 2.81. The fourth-order valence-corrected chi connectivity index (χ4v) is 9.48. The number of ether oxygens (including phenoxy) is 4. The van der Waals surface area contributed by atoms with Crippen LogP contribution in [0, 0.1) is 5.41 Å². The van der Waals surface area contributed by atoms with E-state index in [0.717, 1.165) is 36.4 Å². The number of halogens is 3. The van der Waals surface area contributed by atoms with Crippen molar-refractivity contribution in [3.8, 4) is 22.4 Å². The summed E-state index contributed by atoms with van der Waals surface area (Å²) < 4.78 is 69.6. The molecule has 2 aliphatic heterocycles. The topological polar surface area (TPSA) is 157 Å². The average Bonchev–Trinajstić information content (AvgIpc) is 4.14. The number of rotatable bonds is 17. The molecule has 3 unspecified atom stereocenters. The SMILES string of the molecule is COC(=O)C1CCCN(C(=O)C(Cc2cccc(-c3ccc4c(c3)c(CC(C)(C)COC(C)=O)c(-c3cc(N5CCN(C6CC6)CC5)cnc3[C@H](C)OC)n4C(F)C(F)F)c2)NC(=O)OC(C)(C)C)N1. The van der Waals surface area contributed by atoms with Crippen LogP contribution in [0.25, 0.3) is 33.3 Å². The number of pyridine rings is 1. The van der Waals surface area contributed by atoms with Crippen molar-refractivity contribution in [3.63, 3.8) is 0 Å². The van der Waals surface area contributed by atoms with Crippen LogP contribution in [0.4, 0.5) is 23.7 Å². The van der Waals surface area contributed by atoms with Gasteiger partial charge in [0.05, 0.1) is 48.6 Å². The van der Waals surface area contributed by atoms with E-state index in [1.54, 1.807) is 39.1 Å². The van der Waals surface area contributed by atoms with Crippen molar-refractivity contribution in [2.45, 2.75) is 130 Å². The number of anilines is 1. The minimum absolute atomic E-state index is 0.00247. The van der Waals surface area contributed by atoms with Crippen molar-refractivity contribution in [1.82, 2.24) is 30.2 Å². The second-order valence-electron chi connectivity index (χ2n) is 20.5. The number of nitrogens with zero attached hydrogens (tertiary/aromatic N) is 5. The average molecular weight is 976 g/mol. The van der Waals surface area contributed by atoms with Crippen LogP contribution in [0.15, 0.2) is 54.7 Å². The highest BCUT2D eigenvalue weighted by molar-refractivity contribution is 5.96. The third-order valence-corrected chi connectivity index (χ3v) is 13.2. The number of carbonyl (C=O) groups excluding carboxylic acids is 4. The van der Waals surface area contributed by atoms with Crippen molar-refractivity contribution in [2.75, 3.05) is 58.5 Å². The predicted molar refractivity (Wildman–Crippen MR) is 260 cm³/mol. The Hall–Kier alpha value is -5.72. The van der Waals surface area contributed by atoms with Gasteiger partial charge < -0.3 is 33.7 Å². The quantitative estimate of drug-likeness (QED) is 0.0772. The van der Waals surface area contributed by atoms with Crippen molar-refractivity contribution >= 4 is 40.5 Å². The second kappa shape index (κ2) is 21.7.